The average Bonchev–Trinajstić information content (AvgIpc) is 2.62. The van der Waals surface area contributed by atoms with Gasteiger partial charge in [-0.1, -0.05) is 17.7 Å². The summed E-state index contributed by atoms with van der Waals surface area (Å²) >= 11 is 6.13. The van der Waals surface area contributed by atoms with Crippen LogP contribution in [-0.4, -0.2) is 53.6 Å². The van der Waals surface area contributed by atoms with Gasteiger partial charge in [-0.15, -0.1) is 0 Å². The summed E-state index contributed by atoms with van der Waals surface area (Å²) in [6.45, 7) is 5.16. The van der Waals surface area contributed by atoms with E-state index in [-0.39, 0.29) is 6.54 Å². The largest absolute Gasteiger partial charge is 0.480 e. The summed E-state index contributed by atoms with van der Waals surface area (Å²) in [5, 5.41) is 9.71. The summed E-state index contributed by atoms with van der Waals surface area (Å²) in [4.78, 5) is 15.3. The minimum Gasteiger partial charge on any atom is -0.480 e. The lowest BCUT2D eigenvalue weighted by Crippen LogP contribution is -2.36. The van der Waals surface area contributed by atoms with Crippen LogP contribution in [-0.2, 0) is 11.3 Å². The van der Waals surface area contributed by atoms with Gasteiger partial charge >= 0.3 is 5.97 Å². The number of carbonyl (C=O) groups is 1. The Bertz CT molecular complexity index is 501. The van der Waals surface area contributed by atoms with E-state index in [1.54, 1.807) is 0 Å². The van der Waals surface area contributed by atoms with Gasteiger partial charge in [0.25, 0.3) is 0 Å². The topological polar surface area (TPSA) is 43.8 Å². The van der Waals surface area contributed by atoms with Crippen LogP contribution in [0.2, 0.25) is 5.02 Å². The first-order valence-corrected chi connectivity index (χ1v) is 8.22. The number of likely N-dealkylation sites (tertiary alicyclic amines) is 1. The van der Waals surface area contributed by atoms with E-state index in [1.807, 2.05) is 24.1 Å². The van der Waals surface area contributed by atoms with Gasteiger partial charge in [0.1, 0.15) is 0 Å². The molecule has 0 aliphatic carbocycles. The standard InChI is InChI=1S/C17H25ClN2O2/c1-13-8-14(10-15(18)9-13)11-20-6-3-4-16(5-7-20)19(2)12-17(21)22/h8-10,16H,3-7,11-12H2,1-2H3,(H,21,22). The fourth-order valence-corrected chi connectivity index (χ4v) is 3.55. The van der Waals surface area contributed by atoms with Crippen LogP contribution in [0.4, 0.5) is 0 Å². The van der Waals surface area contributed by atoms with Gasteiger partial charge in [0.05, 0.1) is 6.54 Å². The van der Waals surface area contributed by atoms with Crippen molar-refractivity contribution in [3.8, 4) is 0 Å². The molecule has 5 heteroatoms. The number of rotatable bonds is 5. The molecule has 1 aromatic rings. The van der Waals surface area contributed by atoms with E-state index >= 15 is 0 Å². The first-order valence-electron chi connectivity index (χ1n) is 7.84. The minimum absolute atomic E-state index is 0.123. The van der Waals surface area contributed by atoms with Gasteiger partial charge in [0, 0.05) is 17.6 Å². The Morgan fingerprint density at radius 1 is 1.36 bits per heavy atom. The second-order valence-corrected chi connectivity index (χ2v) is 6.74. The number of hydrogen-bond acceptors (Lipinski definition) is 3. The number of benzene rings is 1. The van der Waals surface area contributed by atoms with Crippen LogP contribution < -0.4 is 0 Å². The second-order valence-electron chi connectivity index (χ2n) is 6.31. The summed E-state index contributed by atoms with van der Waals surface area (Å²) in [6.07, 6.45) is 3.19. The summed E-state index contributed by atoms with van der Waals surface area (Å²) in [5.74, 6) is -0.752. The number of nitrogens with zero attached hydrogens (tertiary/aromatic N) is 2. The Balaban J connectivity index is 1.91. The molecular weight excluding hydrogens is 300 g/mol. The maximum atomic E-state index is 10.8. The SMILES string of the molecule is Cc1cc(Cl)cc(CN2CCCC(N(C)CC(=O)O)CC2)c1. The second kappa shape index (κ2) is 7.95. The number of carboxylic acid groups (broad SMARTS) is 1. The predicted molar refractivity (Wildman–Crippen MR) is 89.4 cm³/mol. The number of halogens is 1. The third-order valence-electron chi connectivity index (χ3n) is 4.31. The molecular formula is C17H25ClN2O2. The summed E-state index contributed by atoms with van der Waals surface area (Å²) < 4.78 is 0. The predicted octanol–water partition coefficient (Wildman–Crippen LogP) is 3.02. The lowest BCUT2D eigenvalue weighted by molar-refractivity contribution is -0.138. The van der Waals surface area contributed by atoms with Crippen LogP contribution in [0.3, 0.4) is 0 Å². The molecule has 0 aromatic heterocycles. The smallest absolute Gasteiger partial charge is 0.317 e. The quantitative estimate of drug-likeness (QED) is 0.904. The van der Waals surface area contributed by atoms with Gasteiger partial charge in [-0.25, -0.2) is 0 Å². The zero-order chi connectivity index (χ0) is 16.1. The molecule has 0 amide bonds. The zero-order valence-corrected chi connectivity index (χ0v) is 14.1. The lowest BCUT2D eigenvalue weighted by Gasteiger charge is -2.25. The minimum atomic E-state index is -0.752. The van der Waals surface area contributed by atoms with Crippen molar-refractivity contribution >= 4 is 17.6 Å². The highest BCUT2D eigenvalue weighted by Gasteiger charge is 2.21. The van der Waals surface area contributed by atoms with E-state index in [4.69, 9.17) is 16.7 Å². The Hall–Kier alpha value is -1.10. The highest BCUT2D eigenvalue weighted by molar-refractivity contribution is 6.30. The van der Waals surface area contributed by atoms with E-state index in [1.165, 1.54) is 11.1 Å². The van der Waals surface area contributed by atoms with Crippen molar-refractivity contribution in [1.29, 1.82) is 0 Å². The summed E-state index contributed by atoms with van der Waals surface area (Å²) in [5.41, 5.74) is 2.44. The van der Waals surface area contributed by atoms with Crippen molar-refractivity contribution in [1.82, 2.24) is 9.80 Å². The summed E-state index contributed by atoms with van der Waals surface area (Å²) in [6, 6.07) is 6.56. The van der Waals surface area contributed by atoms with Gasteiger partial charge in [-0.3, -0.25) is 14.6 Å². The average molecular weight is 325 g/mol. The fraction of sp³-hybridized carbons (Fsp3) is 0.588. The molecule has 1 aliphatic heterocycles. The monoisotopic (exact) mass is 324 g/mol. The Morgan fingerprint density at radius 3 is 2.82 bits per heavy atom. The molecule has 22 heavy (non-hydrogen) atoms. The third-order valence-corrected chi connectivity index (χ3v) is 4.52. The van der Waals surface area contributed by atoms with Gasteiger partial charge < -0.3 is 5.11 Å². The molecule has 1 N–H and O–H groups in total. The van der Waals surface area contributed by atoms with Crippen LogP contribution >= 0.6 is 11.6 Å². The number of aliphatic carboxylic acids is 1. The first kappa shape index (κ1) is 17.3. The molecule has 1 aromatic carbocycles. The molecule has 1 fully saturated rings. The molecule has 1 heterocycles. The van der Waals surface area contributed by atoms with E-state index in [2.05, 4.69) is 17.9 Å². The van der Waals surface area contributed by atoms with Crippen molar-refractivity contribution in [3.63, 3.8) is 0 Å². The molecule has 0 bridgehead atoms. The van der Waals surface area contributed by atoms with Gasteiger partial charge in [0.2, 0.25) is 0 Å². The molecule has 4 nitrogen and oxygen atoms in total. The molecule has 2 rings (SSSR count). The van der Waals surface area contributed by atoms with Crippen LogP contribution in [0.1, 0.15) is 30.4 Å². The van der Waals surface area contributed by atoms with E-state index in [0.29, 0.717) is 6.04 Å². The fourth-order valence-electron chi connectivity index (χ4n) is 3.24. The molecule has 1 atom stereocenters. The molecule has 122 valence electrons. The molecule has 1 aliphatic rings. The number of likely N-dealkylation sites (N-methyl/N-ethyl adjacent to an activating group) is 1. The lowest BCUT2D eigenvalue weighted by atomic mass is 10.1. The van der Waals surface area contributed by atoms with Crippen molar-refractivity contribution in [2.75, 3.05) is 26.7 Å². The first-order chi connectivity index (χ1) is 10.4. The molecule has 0 spiro atoms. The van der Waals surface area contributed by atoms with E-state index < -0.39 is 5.97 Å². The number of aryl methyl sites for hydroxylation is 1. The molecule has 0 saturated carbocycles. The molecule has 1 unspecified atom stereocenters. The maximum absolute atomic E-state index is 10.8. The molecule has 1 saturated heterocycles. The van der Waals surface area contributed by atoms with Crippen molar-refractivity contribution in [2.45, 2.75) is 38.8 Å². The maximum Gasteiger partial charge on any atom is 0.317 e. The number of hydrogen-bond donors (Lipinski definition) is 1. The third kappa shape index (κ3) is 5.27. The van der Waals surface area contributed by atoms with Crippen molar-refractivity contribution in [2.24, 2.45) is 0 Å². The van der Waals surface area contributed by atoms with Crippen LogP contribution in [0.5, 0.6) is 0 Å². The number of carboxylic acids is 1. The van der Waals surface area contributed by atoms with Crippen LogP contribution in [0, 0.1) is 6.92 Å². The normalized spacial score (nSPS) is 20.1. The van der Waals surface area contributed by atoms with E-state index in [9.17, 15) is 4.79 Å². The van der Waals surface area contributed by atoms with Gasteiger partial charge in [-0.05, 0) is 69.6 Å². The highest BCUT2D eigenvalue weighted by atomic mass is 35.5. The van der Waals surface area contributed by atoms with E-state index in [0.717, 1.165) is 43.9 Å². The van der Waals surface area contributed by atoms with Crippen LogP contribution in [0.25, 0.3) is 0 Å². The van der Waals surface area contributed by atoms with Gasteiger partial charge in [-0.2, -0.15) is 0 Å². The zero-order valence-electron chi connectivity index (χ0n) is 13.4. The van der Waals surface area contributed by atoms with Crippen molar-refractivity contribution < 1.29 is 9.90 Å². The Morgan fingerprint density at radius 2 is 2.14 bits per heavy atom. The van der Waals surface area contributed by atoms with Crippen LogP contribution in [0.15, 0.2) is 18.2 Å². The Kier molecular flexibility index (Phi) is 6.24. The highest BCUT2D eigenvalue weighted by Crippen LogP contribution is 2.20. The Labute approximate surface area is 137 Å². The van der Waals surface area contributed by atoms with Gasteiger partial charge in [0.15, 0.2) is 0 Å². The van der Waals surface area contributed by atoms with Crippen molar-refractivity contribution in [3.05, 3.63) is 34.3 Å². The summed E-state index contributed by atoms with van der Waals surface area (Å²) in [7, 11) is 1.91. The molecule has 0 radical (unpaired) electrons.